The zero-order valence-electron chi connectivity index (χ0n) is 17.9. The molecule has 0 bridgehead atoms. The van der Waals surface area contributed by atoms with E-state index >= 15 is 0 Å². The fourth-order valence-corrected chi connectivity index (χ4v) is 3.68. The van der Waals surface area contributed by atoms with Crippen LogP contribution in [0.5, 0.6) is 17.2 Å². The van der Waals surface area contributed by atoms with Crippen LogP contribution >= 0.6 is 0 Å². The number of phenolic OH excluding ortho intramolecular Hbond substituents is 3. The molecule has 0 radical (unpaired) electrons. The van der Waals surface area contributed by atoms with E-state index in [1.807, 2.05) is 50.2 Å². The third-order valence-electron chi connectivity index (χ3n) is 5.69. The van der Waals surface area contributed by atoms with Crippen molar-refractivity contribution in [2.24, 2.45) is 0 Å². The third-order valence-corrected chi connectivity index (χ3v) is 5.69. The van der Waals surface area contributed by atoms with Gasteiger partial charge in [-0.15, -0.1) is 0 Å². The molecule has 0 amide bonds. The molecule has 3 nitrogen and oxygen atoms in total. The second-order valence-corrected chi connectivity index (χ2v) is 8.10. The maximum Gasteiger partial charge on any atom is 0.118 e. The van der Waals surface area contributed by atoms with Crippen molar-refractivity contribution in [1.82, 2.24) is 0 Å². The zero-order chi connectivity index (χ0) is 21.7. The molecular weight excluding hydrogens is 372 g/mol. The Balaban J connectivity index is 1.80. The van der Waals surface area contributed by atoms with Crippen molar-refractivity contribution < 1.29 is 15.3 Å². The Morgan fingerprint density at radius 3 is 1.83 bits per heavy atom. The van der Waals surface area contributed by atoms with Gasteiger partial charge in [0, 0.05) is 5.92 Å². The maximum absolute atomic E-state index is 9.93. The average molecular weight is 403 g/mol. The lowest BCUT2D eigenvalue weighted by Crippen LogP contribution is -2.02. The number of benzene rings is 3. The lowest BCUT2D eigenvalue weighted by Gasteiger charge is -2.19. The maximum atomic E-state index is 9.93. The van der Waals surface area contributed by atoms with Gasteiger partial charge in [0.2, 0.25) is 0 Å². The Morgan fingerprint density at radius 1 is 0.800 bits per heavy atom. The van der Waals surface area contributed by atoms with Gasteiger partial charge in [0.05, 0.1) is 0 Å². The number of hydrogen-bond acceptors (Lipinski definition) is 3. The van der Waals surface area contributed by atoms with Gasteiger partial charge in [-0.2, -0.15) is 0 Å². The Labute approximate surface area is 179 Å². The Morgan fingerprint density at radius 2 is 1.33 bits per heavy atom. The van der Waals surface area contributed by atoms with Crippen LogP contribution in [0.1, 0.15) is 53.5 Å². The van der Waals surface area contributed by atoms with Gasteiger partial charge in [-0.25, -0.2) is 0 Å². The van der Waals surface area contributed by atoms with Crippen LogP contribution in [0.25, 0.3) is 0 Å². The molecule has 0 unspecified atom stereocenters. The number of aromatic hydroxyl groups is 3. The summed E-state index contributed by atoms with van der Waals surface area (Å²) < 4.78 is 0. The van der Waals surface area contributed by atoms with Crippen molar-refractivity contribution >= 4 is 0 Å². The van der Waals surface area contributed by atoms with Crippen LogP contribution in [0.4, 0.5) is 0 Å². The largest absolute Gasteiger partial charge is 0.508 e. The highest BCUT2D eigenvalue weighted by molar-refractivity contribution is 5.44. The molecule has 0 aliphatic carbocycles. The van der Waals surface area contributed by atoms with E-state index in [1.165, 1.54) is 11.1 Å². The molecule has 0 aliphatic heterocycles. The lowest BCUT2D eigenvalue weighted by molar-refractivity contribution is 0.470. The Bertz CT molecular complexity index is 981. The van der Waals surface area contributed by atoms with Crippen molar-refractivity contribution in [3.63, 3.8) is 0 Å². The van der Waals surface area contributed by atoms with Crippen LogP contribution in [0.3, 0.4) is 0 Å². The molecule has 3 aromatic carbocycles. The van der Waals surface area contributed by atoms with Crippen molar-refractivity contribution in [2.75, 3.05) is 0 Å². The molecule has 3 heteroatoms. The molecule has 0 spiro atoms. The summed E-state index contributed by atoms with van der Waals surface area (Å²) >= 11 is 0. The predicted octanol–water partition coefficient (Wildman–Crippen LogP) is 6.52. The quantitative estimate of drug-likeness (QED) is 0.394. The monoisotopic (exact) mass is 402 g/mol. The highest BCUT2D eigenvalue weighted by atomic mass is 16.3. The standard InChI is InChI=1S/C27H30O3/c1-18(4-6-21-7-11-24(28)12-8-21)5-13-25(22-9-14-26(29)19(2)16-22)23-10-15-27(30)20(3)17-23/h5,7-12,14-17,25,28-30H,4,6,13H2,1-3H3. The highest BCUT2D eigenvalue weighted by Crippen LogP contribution is 2.33. The van der Waals surface area contributed by atoms with Crippen LogP contribution in [0, 0.1) is 13.8 Å². The number of rotatable bonds is 7. The van der Waals surface area contributed by atoms with Gasteiger partial charge in [-0.05, 0) is 92.1 Å². The number of allylic oxidation sites excluding steroid dienone is 2. The molecular formula is C27H30O3. The molecule has 0 aliphatic rings. The van der Waals surface area contributed by atoms with E-state index in [0.29, 0.717) is 17.2 Å². The second-order valence-electron chi connectivity index (χ2n) is 8.10. The lowest BCUT2D eigenvalue weighted by atomic mass is 9.86. The van der Waals surface area contributed by atoms with Crippen LogP contribution < -0.4 is 0 Å². The molecule has 3 aromatic rings. The molecule has 0 fully saturated rings. The number of hydrogen-bond donors (Lipinski definition) is 3. The van der Waals surface area contributed by atoms with Gasteiger partial charge in [0.15, 0.2) is 0 Å². The summed E-state index contributed by atoms with van der Waals surface area (Å²) in [6, 6.07) is 18.9. The summed E-state index contributed by atoms with van der Waals surface area (Å²) in [5, 5.41) is 29.3. The minimum absolute atomic E-state index is 0.146. The summed E-state index contributed by atoms with van der Waals surface area (Å²) in [6.45, 7) is 5.98. The van der Waals surface area contributed by atoms with Crippen LogP contribution in [-0.4, -0.2) is 15.3 Å². The smallest absolute Gasteiger partial charge is 0.118 e. The van der Waals surface area contributed by atoms with Crippen LogP contribution in [0.15, 0.2) is 72.3 Å². The van der Waals surface area contributed by atoms with E-state index in [2.05, 4.69) is 13.0 Å². The number of phenols is 3. The van der Waals surface area contributed by atoms with Gasteiger partial charge in [-0.1, -0.05) is 48.0 Å². The van der Waals surface area contributed by atoms with E-state index in [4.69, 9.17) is 0 Å². The fourth-order valence-electron chi connectivity index (χ4n) is 3.68. The minimum Gasteiger partial charge on any atom is -0.508 e. The topological polar surface area (TPSA) is 60.7 Å². The van der Waals surface area contributed by atoms with Crippen molar-refractivity contribution in [2.45, 2.75) is 46.0 Å². The first-order valence-corrected chi connectivity index (χ1v) is 10.4. The summed E-state index contributed by atoms with van der Waals surface area (Å²) in [7, 11) is 0. The van der Waals surface area contributed by atoms with E-state index < -0.39 is 0 Å². The molecule has 0 heterocycles. The molecule has 0 aromatic heterocycles. The number of aryl methyl sites for hydroxylation is 3. The highest BCUT2D eigenvalue weighted by Gasteiger charge is 2.15. The van der Waals surface area contributed by atoms with E-state index in [0.717, 1.165) is 41.5 Å². The van der Waals surface area contributed by atoms with Crippen molar-refractivity contribution in [3.8, 4) is 17.2 Å². The van der Waals surface area contributed by atoms with Crippen LogP contribution in [0.2, 0.25) is 0 Å². The van der Waals surface area contributed by atoms with Gasteiger partial charge in [0.1, 0.15) is 17.2 Å². The molecule has 0 saturated carbocycles. The molecule has 156 valence electrons. The van der Waals surface area contributed by atoms with Crippen molar-refractivity contribution in [3.05, 3.63) is 100 Å². The fraction of sp³-hybridized carbons (Fsp3) is 0.259. The van der Waals surface area contributed by atoms with E-state index in [-0.39, 0.29) is 5.92 Å². The molecule has 30 heavy (non-hydrogen) atoms. The first-order chi connectivity index (χ1) is 14.3. The zero-order valence-corrected chi connectivity index (χ0v) is 17.9. The van der Waals surface area contributed by atoms with E-state index in [1.54, 1.807) is 24.3 Å². The first kappa shape index (κ1) is 21.5. The third kappa shape index (κ3) is 5.44. The predicted molar refractivity (Wildman–Crippen MR) is 122 cm³/mol. The molecule has 0 atom stereocenters. The average Bonchev–Trinajstić information content (AvgIpc) is 2.72. The summed E-state index contributed by atoms with van der Waals surface area (Å²) in [5.74, 6) is 1.05. The normalized spacial score (nSPS) is 11.8. The first-order valence-electron chi connectivity index (χ1n) is 10.4. The second kappa shape index (κ2) is 9.53. The summed E-state index contributed by atoms with van der Waals surface area (Å²) in [4.78, 5) is 0. The Hall–Kier alpha value is -3.20. The van der Waals surface area contributed by atoms with Crippen LogP contribution in [-0.2, 0) is 6.42 Å². The van der Waals surface area contributed by atoms with Crippen molar-refractivity contribution in [1.29, 1.82) is 0 Å². The molecule has 3 rings (SSSR count). The summed E-state index contributed by atoms with van der Waals surface area (Å²) in [6.07, 6.45) is 5.02. The SMILES string of the molecule is CC(=CCC(c1ccc(O)c(C)c1)c1ccc(O)c(C)c1)CCc1ccc(O)cc1. The molecule has 0 saturated heterocycles. The Kier molecular flexibility index (Phi) is 6.83. The van der Waals surface area contributed by atoms with Gasteiger partial charge in [0.25, 0.3) is 0 Å². The minimum atomic E-state index is 0.146. The van der Waals surface area contributed by atoms with Gasteiger partial charge < -0.3 is 15.3 Å². The summed E-state index contributed by atoms with van der Waals surface area (Å²) in [5.41, 5.74) is 6.55. The van der Waals surface area contributed by atoms with E-state index in [9.17, 15) is 15.3 Å². The van der Waals surface area contributed by atoms with Gasteiger partial charge in [-0.3, -0.25) is 0 Å². The molecule has 3 N–H and O–H groups in total. The van der Waals surface area contributed by atoms with Gasteiger partial charge >= 0.3 is 0 Å².